The van der Waals surface area contributed by atoms with Crippen LogP contribution in [0.5, 0.6) is 0 Å². The molecule has 1 fully saturated rings. The van der Waals surface area contributed by atoms with Crippen LogP contribution >= 0.6 is 0 Å². The second-order valence-electron chi connectivity index (χ2n) is 7.56. The lowest BCUT2D eigenvalue weighted by Crippen LogP contribution is -2.65. The highest BCUT2D eigenvalue weighted by Gasteiger charge is 2.53. The van der Waals surface area contributed by atoms with Gasteiger partial charge in [-0.25, -0.2) is 0 Å². The Bertz CT molecular complexity index is 803. The maximum absolute atomic E-state index is 5.99. The van der Waals surface area contributed by atoms with Crippen LogP contribution in [-0.4, -0.2) is 52.9 Å². The Hall–Kier alpha value is -2.48. The van der Waals surface area contributed by atoms with E-state index in [1.807, 2.05) is 18.2 Å². The third-order valence-electron chi connectivity index (χ3n) is 6.08. The number of aromatic nitrogens is 3. The highest BCUT2D eigenvalue weighted by atomic mass is 16.5. The number of pyridine rings is 1. The van der Waals surface area contributed by atoms with E-state index in [-0.39, 0.29) is 5.41 Å². The lowest BCUT2D eigenvalue weighted by atomic mass is 9.58. The molecule has 2 heterocycles. The first-order valence-electron chi connectivity index (χ1n) is 11.1. The Kier molecular flexibility index (Phi) is 7.79. The molecule has 0 radical (unpaired) electrons. The monoisotopic (exact) mass is 414 g/mol. The van der Waals surface area contributed by atoms with Crippen molar-refractivity contribution in [3.63, 3.8) is 0 Å². The molecular weight excluding hydrogens is 380 g/mol. The maximum Gasteiger partial charge on any atom is 0.276 e. The van der Waals surface area contributed by atoms with Crippen molar-refractivity contribution in [2.24, 2.45) is 10.4 Å². The predicted octanol–water partition coefficient (Wildman–Crippen LogP) is 3.21. The van der Waals surface area contributed by atoms with E-state index in [0.29, 0.717) is 42.5 Å². The van der Waals surface area contributed by atoms with Gasteiger partial charge in [0.05, 0.1) is 6.10 Å². The van der Waals surface area contributed by atoms with Crippen LogP contribution in [0.25, 0.3) is 11.6 Å². The fourth-order valence-corrected chi connectivity index (χ4v) is 4.28. The summed E-state index contributed by atoms with van der Waals surface area (Å²) in [6, 6.07) is 5.97. The predicted molar refractivity (Wildman–Crippen MR) is 117 cm³/mol. The van der Waals surface area contributed by atoms with Crippen molar-refractivity contribution in [2.45, 2.75) is 65.5 Å². The maximum atomic E-state index is 5.99. The number of guanidine groups is 1. The molecule has 30 heavy (non-hydrogen) atoms. The van der Waals surface area contributed by atoms with Gasteiger partial charge in [0.25, 0.3) is 5.89 Å². The van der Waals surface area contributed by atoms with Crippen molar-refractivity contribution < 1.29 is 9.26 Å². The van der Waals surface area contributed by atoms with Gasteiger partial charge in [-0.3, -0.25) is 9.98 Å². The number of hydrogen-bond donors (Lipinski definition) is 2. The Balaban J connectivity index is 1.59. The average Bonchev–Trinajstić information content (AvgIpc) is 3.23. The first-order valence-corrected chi connectivity index (χ1v) is 11.1. The molecular formula is C22H34N6O2. The van der Waals surface area contributed by atoms with Gasteiger partial charge in [0.15, 0.2) is 11.8 Å². The normalized spacial score (nSPS) is 20.6. The summed E-state index contributed by atoms with van der Waals surface area (Å²) in [7, 11) is 0. The quantitative estimate of drug-likeness (QED) is 0.455. The molecule has 2 atom stereocenters. The minimum atomic E-state index is 0.164. The SMILES string of the molecule is CCNC(=NCCc1noc(-c2ccccn2)n1)NC1CC(OCC)C1(CC)CC. The summed E-state index contributed by atoms with van der Waals surface area (Å²) >= 11 is 0. The van der Waals surface area contributed by atoms with Crippen molar-refractivity contribution in [2.75, 3.05) is 19.7 Å². The fraction of sp³-hybridized carbons (Fsp3) is 0.636. The summed E-state index contributed by atoms with van der Waals surface area (Å²) in [5.41, 5.74) is 0.844. The minimum Gasteiger partial charge on any atom is -0.378 e. The second kappa shape index (κ2) is 10.5. The molecule has 8 heteroatoms. The van der Waals surface area contributed by atoms with Crippen LogP contribution < -0.4 is 10.6 Å². The first kappa shape index (κ1) is 22.2. The zero-order valence-corrected chi connectivity index (χ0v) is 18.5. The van der Waals surface area contributed by atoms with Gasteiger partial charge in [-0.15, -0.1) is 0 Å². The van der Waals surface area contributed by atoms with Crippen molar-refractivity contribution in [3.8, 4) is 11.6 Å². The molecule has 0 aromatic carbocycles. The van der Waals surface area contributed by atoms with E-state index in [2.05, 4.69) is 53.5 Å². The van der Waals surface area contributed by atoms with E-state index >= 15 is 0 Å². The van der Waals surface area contributed by atoms with Crippen molar-refractivity contribution >= 4 is 5.96 Å². The Morgan fingerprint density at radius 3 is 2.77 bits per heavy atom. The van der Waals surface area contributed by atoms with E-state index in [1.54, 1.807) is 6.20 Å². The molecule has 0 aliphatic heterocycles. The van der Waals surface area contributed by atoms with Gasteiger partial charge in [-0.1, -0.05) is 25.1 Å². The topological polar surface area (TPSA) is 97.5 Å². The van der Waals surface area contributed by atoms with Crippen LogP contribution in [0.1, 0.15) is 52.8 Å². The van der Waals surface area contributed by atoms with Crippen LogP contribution in [-0.2, 0) is 11.2 Å². The lowest BCUT2D eigenvalue weighted by Gasteiger charge is -2.55. The number of ether oxygens (including phenoxy) is 1. The molecule has 1 aliphatic rings. The third kappa shape index (κ3) is 4.80. The van der Waals surface area contributed by atoms with Gasteiger partial charge in [-0.05, 0) is 45.2 Å². The Labute approximate surface area is 178 Å². The van der Waals surface area contributed by atoms with Crippen LogP contribution in [0.4, 0.5) is 0 Å². The number of nitrogens with zero attached hydrogens (tertiary/aromatic N) is 4. The van der Waals surface area contributed by atoms with Gasteiger partial charge in [0.1, 0.15) is 5.69 Å². The fourth-order valence-electron chi connectivity index (χ4n) is 4.28. The molecule has 2 aromatic heterocycles. The van der Waals surface area contributed by atoms with E-state index in [1.165, 1.54) is 0 Å². The van der Waals surface area contributed by atoms with Crippen molar-refractivity contribution in [3.05, 3.63) is 30.2 Å². The molecule has 1 saturated carbocycles. The first-order chi connectivity index (χ1) is 14.7. The second-order valence-corrected chi connectivity index (χ2v) is 7.56. The molecule has 0 spiro atoms. The standard InChI is InChI=1S/C22H34N6O2/c1-5-22(6-2)17(15-18(22)29-8-4)26-21(23-7-3)25-14-12-19-27-20(30-28-19)16-11-9-10-13-24-16/h9-11,13,17-18H,5-8,12,14-15H2,1-4H3,(H2,23,25,26). The summed E-state index contributed by atoms with van der Waals surface area (Å²) in [4.78, 5) is 13.4. The Morgan fingerprint density at radius 2 is 2.10 bits per heavy atom. The zero-order chi connectivity index (χ0) is 21.4. The molecule has 2 aromatic rings. The highest BCUT2D eigenvalue weighted by Crippen LogP contribution is 2.48. The number of hydrogen-bond acceptors (Lipinski definition) is 6. The van der Waals surface area contributed by atoms with Crippen molar-refractivity contribution in [1.82, 2.24) is 25.8 Å². The van der Waals surface area contributed by atoms with Gasteiger partial charge in [0.2, 0.25) is 0 Å². The smallest absolute Gasteiger partial charge is 0.276 e. The molecule has 8 nitrogen and oxygen atoms in total. The van der Waals surface area contributed by atoms with E-state index in [9.17, 15) is 0 Å². The molecule has 3 rings (SSSR count). The number of aliphatic imine (C=N–C) groups is 1. The molecule has 0 bridgehead atoms. The van der Waals surface area contributed by atoms with Crippen LogP contribution in [0.3, 0.4) is 0 Å². The molecule has 0 saturated heterocycles. The molecule has 2 N–H and O–H groups in total. The molecule has 164 valence electrons. The van der Waals surface area contributed by atoms with Crippen LogP contribution in [0.15, 0.2) is 33.9 Å². The molecule has 1 aliphatic carbocycles. The highest BCUT2D eigenvalue weighted by molar-refractivity contribution is 5.80. The van der Waals surface area contributed by atoms with Gasteiger partial charge in [-0.2, -0.15) is 4.98 Å². The van der Waals surface area contributed by atoms with E-state index in [4.69, 9.17) is 14.3 Å². The summed E-state index contributed by atoms with van der Waals surface area (Å²) in [5, 5.41) is 11.0. The number of rotatable bonds is 10. The average molecular weight is 415 g/mol. The Morgan fingerprint density at radius 1 is 1.27 bits per heavy atom. The summed E-state index contributed by atoms with van der Waals surface area (Å²) in [6.07, 6.45) is 5.82. The molecule has 2 unspecified atom stereocenters. The van der Waals surface area contributed by atoms with Crippen molar-refractivity contribution in [1.29, 1.82) is 0 Å². The van der Waals surface area contributed by atoms with E-state index < -0.39 is 0 Å². The van der Waals surface area contributed by atoms with Gasteiger partial charge < -0.3 is 19.9 Å². The number of nitrogens with one attached hydrogen (secondary N) is 2. The molecule has 0 amide bonds. The summed E-state index contributed by atoms with van der Waals surface area (Å²) in [6.45, 7) is 10.8. The van der Waals surface area contributed by atoms with Gasteiger partial charge in [0, 0.05) is 43.8 Å². The minimum absolute atomic E-state index is 0.164. The lowest BCUT2D eigenvalue weighted by molar-refractivity contribution is -0.133. The largest absolute Gasteiger partial charge is 0.378 e. The third-order valence-corrected chi connectivity index (χ3v) is 6.08. The summed E-state index contributed by atoms with van der Waals surface area (Å²) in [5.74, 6) is 1.90. The summed E-state index contributed by atoms with van der Waals surface area (Å²) < 4.78 is 11.3. The van der Waals surface area contributed by atoms with Crippen LogP contribution in [0, 0.1) is 5.41 Å². The van der Waals surface area contributed by atoms with E-state index in [0.717, 1.165) is 38.4 Å². The van der Waals surface area contributed by atoms with Crippen LogP contribution in [0.2, 0.25) is 0 Å². The zero-order valence-electron chi connectivity index (χ0n) is 18.5. The van der Waals surface area contributed by atoms with Gasteiger partial charge >= 0.3 is 0 Å².